The molecule has 10 heteroatoms. The highest BCUT2D eigenvalue weighted by molar-refractivity contribution is 5.89. The summed E-state index contributed by atoms with van der Waals surface area (Å²) in [5.74, 6) is -2.55. The molecule has 0 aromatic heterocycles. The second-order valence-corrected chi connectivity index (χ2v) is 5.18. The molecule has 0 amide bonds. The van der Waals surface area contributed by atoms with E-state index >= 15 is 0 Å². The average molecular weight is 369 g/mol. The number of carbonyl (C=O) groups excluding carboxylic acids is 3. The second-order valence-electron chi connectivity index (χ2n) is 5.18. The van der Waals surface area contributed by atoms with Crippen LogP contribution in [0, 0.1) is 0 Å². The van der Waals surface area contributed by atoms with Gasteiger partial charge in [0.1, 0.15) is 12.1 Å². The minimum Gasteiger partial charge on any atom is -0.452 e. The lowest BCUT2D eigenvalue weighted by atomic mass is 10.1. The van der Waals surface area contributed by atoms with Gasteiger partial charge in [0.2, 0.25) is 0 Å². The first-order chi connectivity index (χ1) is 10.9. The summed E-state index contributed by atoms with van der Waals surface area (Å²) in [5, 5.41) is 0. The van der Waals surface area contributed by atoms with Gasteiger partial charge in [-0.3, -0.25) is 4.79 Å². The van der Waals surface area contributed by atoms with E-state index in [4.69, 9.17) is 27.7 Å². The molecule has 142 valence electrons. The predicted molar refractivity (Wildman–Crippen MR) is 91.1 cm³/mol. The van der Waals surface area contributed by atoms with Crippen molar-refractivity contribution in [3.63, 3.8) is 0 Å². The quantitative estimate of drug-likeness (QED) is 0.190. The third kappa shape index (κ3) is 12.2. The van der Waals surface area contributed by atoms with Crippen LogP contribution in [0.25, 0.3) is 0 Å². The standard InChI is InChI=1S/C14H28N4O5.ClH/c15-7-3-1-5-10(17)13(20)22-9-12(19)23-14(21)11(18)6-2-4-8-16;/h10-11H,1-9,15-18H2;1H/t10-,11-;/m0./s1. The maximum Gasteiger partial charge on any atom is 0.351 e. The van der Waals surface area contributed by atoms with Crippen molar-refractivity contribution < 1.29 is 23.9 Å². The fraction of sp³-hybridized carbons (Fsp3) is 0.786. The molecule has 0 heterocycles. The molecule has 0 fully saturated rings. The van der Waals surface area contributed by atoms with Gasteiger partial charge in [0.05, 0.1) is 0 Å². The number of rotatable bonds is 12. The summed E-state index contributed by atoms with van der Waals surface area (Å²) in [4.78, 5) is 34.5. The molecule has 8 N–H and O–H groups in total. The molecule has 0 aliphatic carbocycles. The monoisotopic (exact) mass is 368 g/mol. The average Bonchev–Trinajstić information content (AvgIpc) is 2.52. The Labute approximate surface area is 148 Å². The van der Waals surface area contributed by atoms with Crippen LogP contribution in [0.2, 0.25) is 0 Å². The Morgan fingerprint density at radius 1 is 0.792 bits per heavy atom. The molecular weight excluding hydrogens is 340 g/mol. The molecule has 0 unspecified atom stereocenters. The van der Waals surface area contributed by atoms with Gasteiger partial charge < -0.3 is 32.4 Å². The molecule has 0 aromatic rings. The lowest BCUT2D eigenvalue weighted by Gasteiger charge is -2.12. The van der Waals surface area contributed by atoms with E-state index in [1.807, 2.05) is 0 Å². The van der Waals surface area contributed by atoms with Crippen LogP contribution in [0.1, 0.15) is 38.5 Å². The molecule has 0 bridgehead atoms. The molecule has 0 aliphatic rings. The first-order valence-electron chi connectivity index (χ1n) is 7.74. The van der Waals surface area contributed by atoms with Gasteiger partial charge in [0, 0.05) is 0 Å². The van der Waals surface area contributed by atoms with E-state index in [-0.39, 0.29) is 12.4 Å². The highest BCUT2D eigenvalue weighted by atomic mass is 35.5. The van der Waals surface area contributed by atoms with Crippen molar-refractivity contribution in [2.75, 3.05) is 19.7 Å². The van der Waals surface area contributed by atoms with E-state index in [0.717, 1.165) is 12.8 Å². The molecule has 0 radical (unpaired) electrons. The molecular formula is C14H29ClN4O5. The number of hydrogen-bond donors (Lipinski definition) is 4. The van der Waals surface area contributed by atoms with Gasteiger partial charge in [-0.2, -0.15) is 0 Å². The van der Waals surface area contributed by atoms with Crippen molar-refractivity contribution >= 4 is 30.3 Å². The fourth-order valence-electron chi connectivity index (χ4n) is 1.71. The predicted octanol–water partition coefficient (Wildman–Crippen LogP) is -1.07. The lowest BCUT2D eigenvalue weighted by Crippen LogP contribution is -2.36. The smallest absolute Gasteiger partial charge is 0.351 e. The number of nitrogens with two attached hydrogens (primary N) is 4. The zero-order valence-corrected chi connectivity index (χ0v) is 14.6. The minimum absolute atomic E-state index is 0. The van der Waals surface area contributed by atoms with Crippen molar-refractivity contribution in [2.45, 2.75) is 50.6 Å². The van der Waals surface area contributed by atoms with E-state index in [9.17, 15) is 14.4 Å². The van der Waals surface area contributed by atoms with Crippen molar-refractivity contribution in [1.29, 1.82) is 0 Å². The normalized spacial score (nSPS) is 12.7. The summed E-state index contributed by atoms with van der Waals surface area (Å²) >= 11 is 0. The Kier molecular flexibility index (Phi) is 15.9. The van der Waals surface area contributed by atoms with Crippen molar-refractivity contribution in [2.24, 2.45) is 22.9 Å². The van der Waals surface area contributed by atoms with Crippen LogP contribution in [0.3, 0.4) is 0 Å². The van der Waals surface area contributed by atoms with Crippen molar-refractivity contribution in [3.8, 4) is 0 Å². The summed E-state index contributed by atoms with van der Waals surface area (Å²) in [7, 11) is 0. The summed E-state index contributed by atoms with van der Waals surface area (Å²) < 4.78 is 9.20. The van der Waals surface area contributed by atoms with Crippen LogP contribution < -0.4 is 22.9 Å². The molecule has 0 saturated heterocycles. The molecule has 2 atom stereocenters. The largest absolute Gasteiger partial charge is 0.452 e. The Morgan fingerprint density at radius 2 is 1.25 bits per heavy atom. The highest BCUT2D eigenvalue weighted by Gasteiger charge is 2.21. The zero-order chi connectivity index (χ0) is 17.7. The minimum atomic E-state index is -0.980. The van der Waals surface area contributed by atoms with Gasteiger partial charge in [0.25, 0.3) is 0 Å². The van der Waals surface area contributed by atoms with E-state index < -0.39 is 36.6 Å². The first-order valence-corrected chi connectivity index (χ1v) is 7.74. The van der Waals surface area contributed by atoms with E-state index in [0.29, 0.717) is 38.8 Å². The number of esters is 3. The fourth-order valence-corrected chi connectivity index (χ4v) is 1.71. The van der Waals surface area contributed by atoms with Crippen molar-refractivity contribution in [1.82, 2.24) is 0 Å². The first kappa shape index (κ1) is 25.0. The van der Waals surface area contributed by atoms with Gasteiger partial charge in [-0.1, -0.05) is 12.8 Å². The number of unbranched alkanes of at least 4 members (excludes halogenated alkanes) is 2. The molecule has 0 aliphatic heterocycles. The van der Waals surface area contributed by atoms with E-state index in [1.54, 1.807) is 0 Å². The van der Waals surface area contributed by atoms with Gasteiger partial charge >= 0.3 is 17.9 Å². The van der Waals surface area contributed by atoms with Gasteiger partial charge in [-0.15, -0.1) is 12.4 Å². The SMILES string of the molecule is Cl.NCCCC[C@H](N)C(=O)OCC(=O)OC(=O)[C@@H](N)CCCCN. The maximum absolute atomic E-state index is 11.5. The Hall–Kier alpha value is -1.26. The number of carbonyl (C=O) groups is 3. The van der Waals surface area contributed by atoms with Crippen LogP contribution >= 0.6 is 12.4 Å². The van der Waals surface area contributed by atoms with Crippen LogP contribution in [0.5, 0.6) is 0 Å². The summed E-state index contributed by atoms with van der Waals surface area (Å²) in [5.41, 5.74) is 21.8. The summed E-state index contributed by atoms with van der Waals surface area (Å²) in [6.45, 7) is 0.342. The molecule has 0 saturated carbocycles. The Bertz CT molecular complexity index is 384. The molecule has 0 rings (SSSR count). The van der Waals surface area contributed by atoms with Gasteiger partial charge in [-0.05, 0) is 38.8 Å². The zero-order valence-electron chi connectivity index (χ0n) is 13.8. The van der Waals surface area contributed by atoms with Crippen molar-refractivity contribution in [3.05, 3.63) is 0 Å². The number of hydrogen-bond acceptors (Lipinski definition) is 9. The number of ether oxygens (including phenoxy) is 2. The van der Waals surface area contributed by atoms with E-state index in [1.165, 1.54) is 0 Å². The Balaban J connectivity index is 0. The summed E-state index contributed by atoms with van der Waals surface area (Å²) in [6, 6.07) is -1.73. The van der Waals surface area contributed by atoms with Crippen LogP contribution in [-0.4, -0.2) is 49.7 Å². The number of halogens is 1. The summed E-state index contributed by atoms with van der Waals surface area (Å²) in [6.07, 6.45) is 3.61. The van der Waals surface area contributed by atoms with Crippen LogP contribution in [0.15, 0.2) is 0 Å². The third-order valence-corrected chi connectivity index (χ3v) is 3.09. The van der Waals surface area contributed by atoms with Crippen LogP contribution in [-0.2, 0) is 23.9 Å². The van der Waals surface area contributed by atoms with E-state index in [2.05, 4.69) is 4.74 Å². The molecule has 9 nitrogen and oxygen atoms in total. The molecule has 0 aromatic carbocycles. The Morgan fingerprint density at radius 3 is 1.71 bits per heavy atom. The second kappa shape index (κ2) is 15.3. The maximum atomic E-state index is 11.5. The third-order valence-electron chi connectivity index (χ3n) is 3.09. The van der Waals surface area contributed by atoms with Gasteiger partial charge in [-0.25, -0.2) is 9.59 Å². The highest BCUT2D eigenvalue weighted by Crippen LogP contribution is 2.02. The lowest BCUT2D eigenvalue weighted by molar-refractivity contribution is -0.168. The van der Waals surface area contributed by atoms with Gasteiger partial charge in [0.15, 0.2) is 6.61 Å². The topological polar surface area (TPSA) is 174 Å². The van der Waals surface area contributed by atoms with Crippen LogP contribution in [0.4, 0.5) is 0 Å². The molecule has 24 heavy (non-hydrogen) atoms. The molecule has 0 spiro atoms.